The molecule has 3 nitrogen and oxygen atoms in total. The number of thioether (sulfide) groups is 1. The Hall–Kier alpha value is -1.94. The molecule has 0 saturated heterocycles. The second-order valence-corrected chi connectivity index (χ2v) is 6.45. The summed E-state index contributed by atoms with van der Waals surface area (Å²) in [7, 11) is 1.65. The second-order valence-electron chi connectivity index (χ2n) is 5.40. The molecule has 2 aromatic rings. The maximum atomic E-state index is 12.2. The van der Waals surface area contributed by atoms with Crippen molar-refractivity contribution in [1.82, 2.24) is 5.32 Å². The van der Waals surface area contributed by atoms with E-state index in [1.54, 1.807) is 18.9 Å². The van der Waals surface area contributed by atoms with E-state index < -0.39 is 0 Å². The summed E-state index contributed by atoms with van der Waals surface area (Å²) in [6, 6.07) is 16.1. The van der Waals surface area contributed by atoms with Crippen LogP contribution in [0.1, 0.15) is 30.5 Å². The first-order chi connectivity index (χ1) is 11.1. The first kappa shape index (κ1) is 17.4. The van der Waals surface area contributed by atoms with Gasteiger partial charge in [-0.2, -0.15) is 0 Å². The lowest BCUT2D eigenvalue weighted by molar-refractivity contribution is -0.119. The van der Waals surface area contributed by atoms with Crippen LogP contribution in [0.4, 0.5) is 0 Å². The zero-order valence-electron chi connectivity index (χ0n) is 13.8. The normalized spacial score (nSPS) is 11.8. The van der Waals surface area contributed by atoms with Crippen LogP contribution in [0.25, 0.3) is 0 Å². The van der Waals surface area contributed by atoms with Crippen LogP contribution in [-0.4, -0.2) is 18.8 Å². The van der Waals surface area contributed by atoms with Gasteiger partial charge >= 0.3 is 0 Å². The number of benzene rings is 2. The molecule has 1 atom stereocenters. The Labute approximate surface area is 142 Å². The van der Waals surface area contributed by atoms with Crippen LogP contribution in [-0.2, 0) is 4.79 Å². The van der Waals surface area contributed by atoms with Crippen molar-refractivity contribution in [3.05, 3.63) is 59.7 Å². The number of rotatable bonds is 7. The Bertz CT molecular complexity index is 623. The number of aryl methyl sites for hydroxylation is 1. The molecule has 4 heteroatoms. The summed E-state index contributed by atoms with van der Waals surface area (Å²) in [5.74, 6) is 1.30. The third-order valence-electron chi connectivity index (χ3n) is 3.65. The molecule has 0 spiro atoms. The largest absolute Gasteiger partial charge is 0.497 e. The van der Waals surface area contributed by atoms with Crippen LogP contribution in [0, 0.1) is 6.92 Å². The van der Waals surface area contributed by atoms with E-state index in [2.05, 4.69) is 31.3 Å². The minimum atomic E-state index is 0.0343. The minimum absolute atomic E-state index is 0.0343. The molecule has 0 radical (unpaired) electrons. The molecule has 0 heterocycles. The van der Waals surface area contributed by atoms with Gasteiger partial charge in [0, 0.05) is 4.90 Å². The van der Waals surface area contributed by atoms with Crippen molar-refractivity contribution in [3.63, 3.8) is 0 Å². The number of ether oxygens (including phenoxy) is 1. The molecule has 0 unspecified atom stereocenters. The Morgan fingerprint density at radius 3 is 2.35 bits per heavy atom. The Morgan fingerprint density at radius 1 is 1.13 bits per heavy atom. The van der Waals surface area contributed by atoms with Crippen LogP contribution >= 0.6 is 11.8 Å². The Kier molecular flexibility index (Phi) is 6.53. The molecule has 1 N–H and O–H groups in total. The van der Waals surface area contributed by atoms with E-state index in [4.69, 9.17) is 4.74 Å². The average Bonchev–Trinajstić information content (AvgIpc) is 2.59. The number of amides is 1. The van der Waals surface area contributed by atoms with Gasteiger partial charge in [0.25, 0.3) is 0 Å². The molecule has 23 heavy (non-hydrogen) atoms. The van der Waals surface area contributed by atoms with E-state index in [1.165, 1.54) is 5.56 Å². The SMILES string of the molecule is CC[C@H](NC(=O)CSc1ccc(C)cc1)c1ccc(OC)cc1. The summed E-state index contributed by atoms with van der Waals surface area (Å²) in [6.07, 6.45) is 0.854. The number of nitrogens with one attached hydrogen (secondary N) is 1. The predicted molar refractivity (Wildman–Crippen MR) is 96.1 cm³/mol. The number of hydrogen-bond donors (Lipinski definition) is 1. The van der Waals surface area contributed by atoms with Gasteiger partial charge in [-0.15, -0.1) is 11.8 Å². The summed E-state index contributed by atoms with van der Waals surface area (Å²) >= 11 is 1.56. The molecular weight excluding hydrogens is 306 g/mol. The highest BCUT2D eigenvalue weighted by atomic mass is 32.2. The van der Waals surface area contributed by atoms with Gasteiger partial charge in [-0.3, -0.25) is 4.79 Å². The van der Waals surface area contributed by atoms with E-state index in [1.807, 2.05) is 36.4 Å². The van der Waals surface area contributed by atoms with Crippen molar-refractivity contribution in [1.29, 1.82) is 0 Å². The van der Waals surface area contributed by atoms with Gasteiger partial charge in [-0.05, 0) is 43.2 Å². The molecular formula is C19H23NO2S. The molecule has 0 saturated carbocycles. The monoisotopic (exact) mass is 329 g/mol. The van der Waals surface area contributed by atoms with Gasteiger partial charge in [0.1, 0.15) is 5.75 Å². The van der Waals surface area contributed by atoms with Crippen LogP contribution < -0.4 is 10.1 Å². The fourth-order valence-electron chi connectivity index (χ4n) is 2.28. The number of carbonyl (C=O) groups is 1. The lowest BCUT2D eigenvalue weighted by Crippen LogP contribution is -2.29. The van der Waals surface area contributed by atoms with Crippen molar-refractivity contribution < 1.29 is 9.53 Å². The average molecular weight is 329 g/mol. The zero-order chi connectivity index (χ0) is 16.7. The van der Waals surface area contributed by atoms with Crippen LogP contribution in [0.15, 0.2) is 53.4 Å². The molecule has 0 fully saturated rings. The third kappa shape index (κ3) is 5.32. The summed E-state index contributed by atoms with van der Waals surface area (Å²) in [5, 5.41) is 3.10. The van der Waals surface area contributed by atoms with Crippen LogP contribution in [0.2, 0.25) is 0 Å². The summed E-state index contributed by atoms with van der Waals surface area (Å²) in [6.45, 7) is 4.13. The van der Waals surface area contributed by atoms with Gasteiger partial charge in [0.2, 0.25) is 5.91 Å². The van der Waals surface area contributed by atoms with Crippen molar-refractivity contribution in [2.75, 3.05) is 12.9 Å². The van der Waals surface area contributed by atoms with Gasteiger partial charge in [0.05, 0.1) is 18.9 Å². The van der Waals surface area contributed by atoms with Crippen molar-refractivity contribution in [2.24, 2.45) is 0 Å². The first-order valence-corrected chi connectivity index (χ1v) is 8.73. The molecule has 1 amide bonds. The molecule has 2 aromatic carbocycles. The lowest BCUT2D eigenvalue weighted by Gasteiger charge is -2.17. The van der Waals surface area contributed by atoms with Crippen LogP contribution in [0.3, 0.4) is 0 Å². The molecule has 0 aliphatic rings. The predicted octanol–water partition coefficient (Wildman–Crippen LogP) is 4.36. The fourth-order valence-corrected chi connectivity index (χ4v) is 2.99. The topological polar surface area (TPSA) is 38.3 Å². The van der Waals surface area contributed by atoms with E-state index in [0.29, 0.717) is 5.75 Å². The van der Waals surface area contributed by atoms with Crippen LogP contribution in [0.5, 0.6) is 5.75 Å². The molecule has 122 valence electrons. The number of methoxy groups -OCH3 is 1. The highest BCUT2D eigenvalue weighted by Gasteiger charge is 2.13. The third-order valence-corrected chi connectivity index (χ3v) is 4.66. The number of hydrogen-bond acceptors (Lipinski definition) is 3. The van der Waals surface area contributed by atoms with Gasteiger partial charge in [-0.25, -0.2) is 0 Å². The highest BCUT2D eigenvalue weighted by molar-refractivity contribution is 8.00. The van der Waals surface area contributed by atoms with Gasteiger partial charge < -0.3 is 10.1 Å². The molecule has 0 bridgehead atoms. The number of carbonyl (C=O) groups excluding carboxylic acids is 1. The van der Waals surface area contributed by atoms with E-state index in [0.717, 1.165) is 22.6 Å². The quantitative estimate of drug-likeness (QED) is 0.767. The van der Waals surface area contributed by atoms with Crippen molar-refractivity contribution >= 4 is 17.7 Å². The van der Waals surface area contributed by atoms with Gasteiger partial charge in [-0.1, -0.05) is 36.8 Å². The molecule has 0 aliphatic carbocycles. The van der Waals surface area contributed by atoms with E-state index in [9.17, 15) is 4.79 Å². The summed E-state index contributed by atoms with van der Waals surface area (Å²) in [4.78, 5) is 13.3. The lowest BCUT2D eigenvalue weighted by atomic mass is 10.0. The first-order valence-electron chi connectivity index (χ1n) is 7.75. The van der Waals surface area contributed by atoms with Gasteiger partial charge in [0.15, 0.2) is 0 Å². The van der Waals surface area contributed by atoms with E-state index in [-0.39, 0.29) is 11.9 Å². The Balaban J connectivity index is 1.89. The molecule has 0 aromatic heterocycles. The highest BCUT2D eigenvalue weighted by Crippen LogP contribution is 2.21. The molecule has 2 rings (SSSR count). The standard InChI is InChI=1S/C19H23NO2S/c1-4-18(15-7-9-16(22-3)10-8-15)20-19(21)13-23-17-11-5-14(2)6-12-17/h5-12,18H,4,13H2,1-3H3,(H,20,21)/t18-/m0/s1. The Morgan fingerprint density at radius 2 is 1.78 bits per heavy atom. The zero-order valence-corrected chi connectivity index (χ0v) is 14.7. The second kappa shape index (κ2) is 8.63. The molecule has 0 aliphatic heterocycles. The van der Waals surface area contributed by atoms with Crippen molar-refractivity contribution in [3.8, 4) is 5.75 Å². The smallest absolute Gasteiger partial charge is 0.230 e. The minimum Gasteiger partial charge on any atom is -0.497 e. The van der Waals surface area contributed by atoms with Crippen molar-refractivity contribution in [2.45, 2.75) is 31.2 Å². The fraction of sp³-hybridized carbons (Fsp3) is 0.316. The summed E-state index contributed by atoms with van der Waals surface area (Å²) < 4.78 is 5.17. The maximum Gasteiger partial charge on any atom is 0.230 e. The maximum absolute atomic E-state index is 12.2. The van der Waals surface area contributed by atoms with E-state index >= 15 is 0 Å². The summed E-state index contributed by atoms with van der Waals surface area (Å²) in [5.41, 5.74) is 2.33.